The number of ether oxygens (including phenoxy) is 3. The summed E-state index contributed by atoms with van der Waals surface area (Å²) in [5, 5.41) is 0. The fourth-order valence-electron chi connectivity index (χ4n) is 4.20. The van der Waals surface area contributed by atoms with Crippen LogP contribution in [0.25, 0.3) is 22.5 Å². The van der Waals surface area contributed by atoms with Crippen molar-refractivity contribution < 1.29 is 23.4 Å². The Balaban J connectivity index is 1.42. The molecule has 0 aliphatic heterocycles. The monoisotopic (exact) mass is 501 g/mol. The minimum absolute atomic E-state index is 0.262. The number of esters is 1. The minimum atomic E-state index is -0.617. The molecule has 192 valence electrons. The molecule has 1 aromatic heterocycles. The maximum atomic E-state index is 13.5. The first-order valence-electron chi connectivity index (χ1n) is 12.6. The van der Waals surface area contributed by atoms with Crippen LogP contribution in [0.2, 0.25) is 0 Å². The molecule has 0 amide bonds. The van der Waals surface area contributed by atoms with Gasteiger partial charge in [-0.2, -0.15) is 0 Å². The number of nitrogens with one attached hydrogen (secondary N) is 1. The van der Waals surface area contributed by atoms with E-state index in [-0.39, 0.29) is 11.8 Å². The summed E-state index contributed by atoms with van der Waals surface area (Å²) in [7, 11) is 0. The number of benzene rings is 3. The molecule has 1 heterocycles. The smallest absolute Gasteiger partial charge is 0.335 e. The molecule has 0 fully saturated rings. The molecule has 0 saturated carbocycles. The Morgan fingerprint density at radius 2 is 1.62 bits per heavy atom. The minimum Gasteiger partial charge on any atom is -0.493 e. The molecule has 0 bridgehead atoms. The van der Waals surface area contributed by atoms with E-state index in [0.717, 1.165) is 39.4 Å². The van der Waals surface area contributed by atoms with Crippen molar-refractivity contribution in [2.45, 2.75) is 32.8 Å². The van der Waals surface area contributed by atoms with Crippen molar-refractivity contribution in [3.63, 3.8) is 0 Å². The van der Waals surface area contributed by atoms with Crippen LogP contribution in [0.15, 0.2) is 84.9 Å². The predicted molar refractivity (Wildman–Crippen MR) is 143 cm³/mol. The molecule has 1 N–H and O–H groups in total. The van der Waals surface area contributed by atoms with Gasteiger partial charge in [0.1, 0.15) is 11.6 Å². The number of halogens is 1. The van der Waals surface area contributed by atoms with Crippen molar-refractivity contribution in [2.75, 3.05) is 19.8 Å². The van der Waals surface area contributed by atoms with E-state index in [9.17, 15) is 9.18 Å². The van der Waals surface area contributed by atoms with Crippen LogP contribution in [0.3, 0.4) is 0 Å². The maximum absolute atomic E-state index is 13.5. The van der Waals surface area contributed by atoms with Crippen molar-refractivity contribution in [3.8, 4) is 28.3 Å². The normalized spacial score (nSPS) is 11.8. The highest BCUT2D eigenvalue weighted by Gasteiger charge is 2.20. The molecule has 0 saturated heterocycles. The van der Waals surface area contributed by atoms with E-state index in [1.165, 1.54) is 12.1 Å². The summed E-state index contributed by atoms with van der Waals surface area (Å²) in [6, 6.07) is 26.4. The lowest BCUT2D eigenvalue weighted by molar-refractivity contribution is -0.156. The molecule has 4 aromatic rings. The zero-order valence-electron chi connectivity index (χ0n) is 21.2. The molecule has 0 spiro atoms. The van der Waals surface area contributed by atoms with Gasteiger partial charge in [-0.25, -0.2) is 9.18 Å². The number of rotatable bonds is 12. The summed E-state index contributed by atoms with van der Waals surface area (Å²) in [5.74, 6) is 0.139. The molecule has 1 unspecified atom stereocenters. The van der Waals surface area contributed by atoms with Crippen LogP contribution in [0.1, 0.15) is 25.0 Å². The number of hydrogen-bond donors (Lipinski definition) is 1. The first-order chi connectivity index (χ1) is 18.1. The lowest BCUT2D eigenvalue weighted by Gasteiger charge is -2.16. The van der Waals surface area contributed by atoms with Gasteiger partial charge >= 0.3 is 5.97 Å². The number of aromatic amines is 1. The molecule has 0 aliphatic rings. The maximum Gasteiger partial charge on any atom is 0.335 e. The SMILES string of the molecule is CCOC(=O)C(Cc1ccc(OCCc2cc(-c3ccccc3)[nH]c2-c2ccc(F)cc2)cc1)OCC. The third kappa shape index (κ3) is 7.08. The number of carbonyl (C=O) groups excluding carboxylic acids is 1. The van der Waals surface area contributed by atoms with Gasteiger partial charge in [-0.1, -0.05) is 42.5 Å². The summed E-state index contributed by atoms with van der Waals surface area (Å²) in [4.78, 5) is 15.6. The third-order valence-corrected chi connectivity index (χ3v) is 6.02. The highest BCUT2D eigenvalue weighted by atomic mass is 19.1. The average molecular weight is 502 g/mol. The van der Waals surface area contributed by atoms with Crippen molar-refractivity contribution in [1.82, 2.24) is 4.98 Å². The van der Waals surface area contributed by atoms with E-state index in [1.54, 1.807) is 19.1 Å². The van der Waals surface area contributed by atoms with Crippen LogP contribution < -0.4 is 4.74 Å². The van der Waals surface area contributed by atoms with Gasteiger partial charge in [-0.15, -0.1) is 0 Å². The summed E-state index contributed by atoms with van der Waals surface area (Å²) in [6.07, 6.45) is 0.501. The molecule has 1 atom stereocenters. The van der Waals surface area contributed by atoms with Gasteiger partial charge in [0.15, 0.2) is 6.10 Å². The first kappa shape index (κ1) is 26.2. The molecule has 0 radical (unpaired) electrons. The van der Waals surface area contributed by atoms with Crippen molar-refractivity contribution in [3.05, 3.63) is 102 Å². The van der Waals surface area contributed by atoms with Gasteiger partial charge in [0.25, 0.3) is 0 Å². The number of H-pyrrole nitrogens is 1. The van der Waals surface area contributed by atoms with Crippen molar-refractivity contribution in [2.24, 2.45) is 0 Å². The fraction of sp³-hybridized carbons (Fsp3) is 0.258. The Labute approximate surface area is 217 Å². The van der Waals surface area contributed by atoms with Crippen LogP contribution in [0.5, 0.6) is 5.75 Å². The standard InChI is InChI=1S/C31H32FNO4/c1-3-35-29(31(34)36-4-2)20-22-10-16-27(17-11-22)37-19-18-25-21-28(23-8-6-5-7-9-23)33-30(25)24-12-14-26(32)15-13-24/h5-17,21,29,33H,3-4,18-20H2,1-2H3. The van der Waals surface area contributed by atoms with Crippen LogP contribution in [0.4, 0.5) is 4.39 Å². The molecular formula is C31H32FNO4. The Morgan fingerprint density at radius 1 is 0.892 bits per heavy atom. The lowest BCUT2D eigenvalue weighted by Crippen LogP contribution is -2.28. The molecular weight excluding hydrogens is 469 g/mol. The average Bonchev–Trinajstić information content (AvgIpc) is 3.34. The van der Waals surface area contributed by atoms with Crippen LogP contribution in [-0.2, 0) is 27.1 Å². The zero-order valence-corrected chi connectivity index (χ0v) is 21.2. The number of hydrogen-bond acceptors (Lipinski definition) is 4. The summed E-state index contributed by atoms with van der Waals surface area (Å²) < 4.78 is 30.2. The van der Waals surface area contributed by atoms with E-state index in [0.29, 0.717) is 32.7 Å². The third-order valence-electron chi connectivity index (χ3n) is 6.02. The molecule has 37 heavy (non-hydrogen) atoms. The quantitative estimate of drug-likeness (QED) is 0.222. The van der Waals surface area contributed by atoms with E-state index >= 15 is 0 Å². The zero-order chi connectivity index (χ0) is 26.0. The van der Waals surface area contributed by atoms with Crippen molar-refractivity contribution in [1.29, 1.82) is 0 Å². The summed E-state index contributed by atoms with van der Waals surface area (Å²) >= 11 is 0. The van der Waals surface area contributed by atoms with Gasteiger partial charge < -0.3 is 19.2 Å². The van der Waals surface area contributed by atoms with E-state index in [1.807, 2.05) is 49.4 Å². The second-order valence-electron chi connectivity index (χ2n) is 8.60. The largest absolute Gasteiger partial charge is 0.493 e. The number of aromatic nitrogens is 1. The molecule has 4 rings (SSSR count). The molecule has 0 aliphatic carbocycles. The van der Waals surface area contributed by atoms with E-state index in [2.05, 4.69) is 23.2 Å². The lowest BCUT2D eigenvalue weighted by atomic mass is 10.1. The highest BCUT2D eigenvalue weighted by molar-refractivity contribution is 5.75. The molecule has 6 heteroatoms. The van der Waals surface area contributed by atoms with Gasteiger partial charge in [0.2, 0.25) is 0 Å². The second-order valence-corrected chi connectivity index (χ2v) is 8.60. The number of carbonyl (C=O) groups is 1. The first-order valence-corrected chi connectivity index (χ1v) is 12.6. The molecule has 3 aromatic carbocycles. The van der Waals surface area contributed by atoms with E-state index in [4.69, 9.17) is 14.2 Å². The van der Waals surface area contributed by atoms with Crippen LogP contribution in [-0.4, -0.2) is 36.9 Å². The highest BCUT2D eigenvalue weighted by Crippen LogP contribution is 2.30. The topological polar surface area (TPSA) is 60.5 Å². The Bertz CT molecular complexity index is 1270. The molecule has 5 nitrogen and oxygen atoms in total. The Morgan fingerprint density at radius 3 is 2.30 bits per heavy atom. The van der Waals surface area contributed by atoms with E-state index < -0.39 is 6.10 Å². The van der Waals surface area contributed by atoms with Gasteiger partial charge in [0.05, 0.1) is 13.2 Å². The van der Waals surface area contributed by atoms with Gasteiger partial charge in [0, 0.05) is 30.8 Å². The second kappa shape index (κ2) is 12.9. The van der Waals surface area contributed by atoms with Crippen LogP contribution in [0, 0.1) is 5.82 Å². The fourth-order valence-corrected chi connectivity index (χ4v) is 4.20. The van der Waals surface area contributed by atoms with Crippen LogP contribution >= 0.6 is 0 Å². The predicted octanol–water partition coefficient (Wildman–Crippen LogP) is 6.62. The van der Waals surface area contributed by atoms with Crippen molar-refractivity contribution >= 4 is 5.97 Å². The Hall–Kier alpha value is -3.90. The Kier molecular flexibility index (Phi) is 9.11. The summed E-state index contributed by atoms with van der Waals surface area (Å²) in [6.45, 7) is 4.88. The van der Waals surface area contributed by atoms with Gasteiger partial charge in [-0.3, -0.25) is 0 Å². The summed E-state index contributed by atoms with van der Waals surface area (Å²) in [5.41, 5.74) is 6.03. The van der Waals surface area contributed by atoms with Gasteiger partial charge in [-0.05, 0) is 78.6 Å².